The molecule has 1 fully saturated rings. The van der Waals surface area contributed by atoms with Crippen molar-refractivity contribution in [3.8, 4) is 0 Å². The van der Waals surface area contributed by atoms with Crippen molar-refractivity contribution in [1.82, 2.24) is 10.3 Å². The molecule has 5 heteroatoms. The molecule has 1 aromatic heterocycles. The van der Waals surface area contributed by atoms with Crippen LogP contribution in [0.25, 0.3) is 0 Å². The number of hydrogen-bond acceptors (Lipinski definition) is 5. The molecule has 2 heterocycles. The summed E-state index contributed by atoms with van der Waals surface area (Å²) in [6.07, 6.45) is 8.88. The standard InChI is InChI=1S/C15H23N3S2/c1-12(13-16-7-8-19-13)9-17-14-18-10-15(11-20-14)5-3-2-4-6-15/h7-8,12H,2-6,9-11H2,1H3,(H,17,18). The number of amidine groups is 1. The Labute approximate surface area is 129 Å². The van der Waals surface area contributed by atoms with Gasteiger partial charge in [-0.2, -0.15) is 0 Å². The molecule has 0 saturated heterocycles. The summed E-state index contributed by atoms with van der Waals surface area (Å²) in [5.74, 6) is 1.72. The Bertz CT molecular complexity index is 450. The highest BCUT2D eigenvalue weighted by atomic mass is 32.2. The van der Waals surface area contributed by atoms with Crippen molar-refractivity contribution in [2.45, 2.75) is 44.9 Å². The Balaban J connectivity index is 1.50. The predicted molar refractivity (Wildman–Crippen MR) is 88.8 cm³/mol. The van der Waals surface area contributed by atoms with Crippen molar-refractivity contribution in [2.75, 3.05) is 18.8 Å². The maximum atomic E-state index is 4.81. The molecule has 0 amide bonds. The molecule has 2 aliphatic rings. The van der Waals surface area contributed by atoms with Crippen LogP contribution >= 0.6 is 23.1 Å². The van der Waals surface area contributed by atoms with Gasteiger partial charge in [0.1, 0.15) is 0 Å². The van der Waals surface area contributed by atoms with Crippen molar-refractivity contribution in [2.24, 2.45) is 10.4 Å². The maximum Gasteiger partial charge on any atom is 0.156 e. The monoisotopic (exact) mass is 309 g/mol. The lowest BCUT2D eigenvalue weighted by atomic mass is 9.75. The quantitative estimate of drug-likeness (QED) is 0.920. The summed E-state index contributed by atoms with van der Waals surface area (Å²) >= 11 is 3.67. The Morgan fingerprint density at radius 2 is 2.20 bits per heavy atom. The van der Waals surface area contributed by atoms with Gasteiger partial charge in [0.05, 0.1) is 5.01 Å². The lowest BCUT2D eigenvalue weighted by Gasteiger charge is -2.38. The van der Waals surface area contributed by atoms with E-state index in [2.05, 4.69) is 17.2 Å². The number of thiazole rings is 1. The van der Waals surface area contributed by atoms with Crippen LogP contribution in [0, 0.1) is 5.41 Å². The number of nitrogens with one attached hydrogen (secondary N) is 1. The first-order chi connectivity index (χ1) is 9.77. The molecule has 1 aliphatic carbocycles. The van der Waals surface area contributed by atoms with Crippen LogP contribution in [0.5, 0.6) is 0 Å². The minimum atomic E-state index is 0.462. The molecule has 1 saturated carbocycles. The van der Waals surface area contributed by atoms with E-state index >= 15 is 0 Å². The number of aromatic nitrogens is 1. The van der Waals surface area contributed by atoms with Crippen LogP contribution in [0.4, 0.5) is 0 Å². The lowest BCUT2D eigenvalue weighted by Crippen LogP contribution is -2.37. The minimum absolute atomic E-state index is 0.462. The second kappa shape index (κ2) is 6.48. The van der Waals surface area contributed by atoms with Gasteiger partial charge in [0.25, 0.3) is 0 Å². The zero-order valence-electron chi connectivity index (χ0n) is 12.1. The van der Waals surface area contributed by atoms with Gasteiger partial charge in [0.2, 0.25) is 0 Å². The van der Waals surface area contributed by atoms with Crippen molar-refractivity contribution in [3.05, 3.63) is 16.6 Å². The SMILES string of the molecule is CC(CNC1=NCC2(CCCCC2)CS1)c1nccs1. The van der Waals surface area contributed by atoms with E-state index in [0.717, 1.165) is 18.3 Å². The highest BCUT2D eigenvalue weighted by molar-refractivity contribution is 8.13. The molecule has 3 rings (SSSR count). The fourth-order valence-corrected chi connectivity index (χ4v) is 4.93. The summed E-state index contributed by atoms with van der Waals surface area (Å²) in [5, 5.41) is 7.91. The van der Waals surface area contributed by atoms with E-state index in [1.165, 1.54) is 42.9 Å². The second-order valence-corrected chi connectivity index (χ2v) is 8.01. The Hall–Kier alpha value is -0.550. The van der Waals surface area contributed by atoms with Gasteiger partial charge in [-0.05, 0) is 18.3 Å². The third kappa shape index (κ3) is 3.37. The predicted octanol–water partition coefficient (Wildman–Crippen LogP) is 3.89. The Morgan fingerprint density at radius 3 is 2.85 bits per heavy atom. The zero-order valence-corrected chi connectivity index (χ0v) is 13.7. The molecule has 1 unspecified atom stereocenters. The summed E-state index contributed by atoms with van der Waals surface area (Å²) in [6.45, 7) is 4.20. The number of hydrogen-bond donors (Lipinski definition) is 1. The fourth-order valence-electron chi connectivity index (χ4n) is 3.07. The second-order valence-electron chi connectivity index (χ2n) is 6.12. The van der Waals surface area contributed by atoms with E-state index in [1.54, 1.807) is 11.3 Å². The van der Waals surface area contributed by atoms with Gasteiger partial charge in [0.15, 0.2) is 5.17 Å². The summed E-state index contributed by atoms with van der Waals surface area (Å²) in [7, 11) is 0. The van der Waals surface area contributed by atoms with Gasteiger partial charge in [0, 0.05) is 36.3 Å². The number of thioether (sulfide) groups is 1. The molecule has 0 radical (unpaired) electrons. The van der Waals surface area contributed by atoms with Crippen molar-refractivity contribution in [1.29, 1.82) is 0 Å². The molecular formula is C15H23N3S2. The van der Waals surface area contributed by atoms with E-state index < -0.39 is 0 Å². The van der Waals surface area contributed by atoms with Crippen LogP contribution in [0.15, 0.2) is 16.6 Å². The highest BCUT2D eigenvalue weighted by Crippen LogP contribution is 2.41. The first-order valence-corrected chi connectivity index (χ1v) is 9.44. The molecule has 1 aromatic rings. The smallest absolute Gasteiger partial charge is 0.156 e. The van der Waals surface area contributed by atoms with Gasteiger partial charge in [-0.15, -0.1) is 11.3 Å². The van der Waals surface area contributed by atoms with Gasteiger partial charge < -0.3 is 5.32 Å². The molecule has 20 heavy (non-hydrogen) atoms. The van der Waals surface area contributed by atoms with Crippen LogP contribution < -0.4 is 5.32 Å². The normalized spacial score (nSPS) is 23.4. The third-order valence-electron chi connectivity index (χ3n) is 4.42. The van der Waals surface area contributed by atoms with Gasteiger partial charge in [-0.3, -0.25) is 4.99 Å². The summed E-state index contributed by atoms with van der Waals surface area (Å²) in [4.78, 5) is 9.19. The summed E-state index contributed by atoms with van der Waals surface area (Å²) in [5.41, 5.74) is 0.523. The largest absolute Gasteiger partial charge is 0.364 e. The van der Waals surface area contributed by atoms with Crippen molar-refractivity contribution >= 4 is 28.3 Å². The van der Waals surface area contributed by atoms with E-state index in [9.17, 15) is 0 Å². The first kappa shape index (κ1) is 14.4. The van der Waals surface area contributed by atoms with E-state index in [1.807, 2.05) is 23.3 Å². The number of aliphatic imine (C=N–C) groups is 1. The molecule has 0 aromatic carbocycles. The van der Waals surface area contributed by atoms with Crippen LogP contribution in [-0.4, -0.2) is 29.0 Å². The van der Waals surface area contributed by atoms with Gasteiger partial charge >= 0.3 is 0 Å². The third-order valence-corrected chi connectivity index (χ3v) is 6.73. The molecule has 0 bridgehead atoms. The molecular weight excluding hydrogens is 286 g/mol. The number of nitrogens with zero attached hydrogens (tertiary/aromatic N) is 2. The molecule has 1 spiro atoms. The molecule has 1 N–H and O–H groups in total. The maximum absolute atomic E-state index is 4.81. The van der Waals surface area contributed by atoms with E-state index in [0.29, 0.717) is 11.3 Å². The lowest BCUT2D eigenvalue weighted by molar-refractivity contribution is 0.232. The van der Waals surface area contributed by atoms with Crippen molar-refractivity contribution in [3.63, 3.8) is 0 Å². The van der Waals surface area contributed by atoms with Gasteiger partial charge in [-0.25, -0.2) is 4.98 Å². The highest BCUT2D eigenvalue weighted by Gasteiger charge is 2.34. The molecule has 1 aliphatic heterocycles. The molecule has 3 nitrogen and oxygen atoms in total. The fraction of sp³-hybridized carbons (Fsp3) is 0.733. The molecule has 1 atom stereocenters. The van der Waals surface area contributed by atoms with Crippen LogP contribution in [0.2, 0.25) is 0 Å². The number of rotatable bonds is 3. The zero-order chi connectivity index (χ0) is 13.8. The van der Waals surface area contributed by atoms with Crippen molar-refractivity contribution < 1.29 is 0 Å². The van der Waals surface area contributed by atoms with Crippen LogP contribution in [0.1, 0.15) is 50.0 Å². The van der Waals surface area contributed by atoms with Crippen LogP contribution in [-0.2, 0) is 0 Å². The van der Waals surface area contributed by atoms with E-state index in [-0.39, 0.29) is 0 Å². The van der Waals surface area contributed by atoms with E-state index in [4.69, 9.17) is 4.99 Å². The average molecular weight is 310 g/mol. The summed E-state index contributed by atoms with van der Waals surface area (Å²) < 4.78 is 0. The first-order valence-electron chi connectivity index (χ1n) is 7.58. The van der Waals surface area contributed by atoms with Crippen LogP contribution in [0.3, 0.4) is 0 Å². The average Bonchev–Trinajstić information content (AvgIpc) is 3.02. The topological polar surface area (TPSA) is 37.3 Å². The minimum Gasteiger partial charge on any atom is -0.364 e. The Morgan fingerprint density at radius 1 is 1.35 bits per heavy atom. The summed E-state index contributed by atoms with van der Waals surface area (Å²) in [6, 6.07) is 0. The van der Waals surface area contributed by atoms with Gasteiger partial charge in [-0.1, -0.05) is 37.9 Å². The molecule has 110 valence electrons. The Kier molecular flexibility index (Phi) is 4.66.